The van der Waals surface area contributed by atoms with E-state index in [1.54, 1.807) is 52.1 Å². The van der Waals surface area contributed by atoms with E-state index in [0.29, 0.717) is 33.6 Å². The van der Waals surface area contributed by atoms with Gasteiger partial charge in [-0.1, -0.05) is 13.0 Å². The number of aromatic amines is 1. The van der Waals surface area contributed by atoms with Gasteiger partial charge in [-0.15, -0.1) is 16.4 Å². The summed E-state index contributed by atoms with van der Waals surface area (Å²) >= 11 is 1.01. The zero-order valence-corrected chi connectivity index (χ0v) is 22.5. The van der Waals surface area contributed by atoms with Gasteiger partial charge in [-0.3, -0.25) is 9.59 Å². The van der Waals surface area contributed by atoms with Gasteiger partial charge < -0.3 is 25.1 Å². The Balaban J connectivity index is 1.70. The molecule has 200 valence electrons. The molecule has 4 rings (SSSR count). The smallest absolute Gasteiger partial charge is 0.436 e. The molecule has 0 aromatic carbocycles. The number of H-pyrrole nitrogens is 1. The maximum absolute atomic E-state index is 13.5. The zero-order valence-electron chi connectivity index (χ0n) is 21.7. The molecule has 0 saturated heterocycles. The van der Waals surface area contributed by atoms with Crippen LogP contribution in [0.3, 0.4) is 0 Å². The molecule has 0 radical (unpaired) electrons. The lowest BCUT2D eigenvalue weighted by atomic mass is 9.90. The number of allylic oxidation sites excluding steroid dienone is 2. The fourth-order valence-corrected chi connectivity index (χ4v) is 4.87. The van der Waals surface area contributed by atoms with E-state index in [4.69, 9.17) is 9.47 Å². The molecule has 0 aliphatic heterocycles. The van der Waals surface area contributed by atoms with Gasteiger partial charge >= 0.3 is 12.1 Å². The topological polar surface area (TPSA) is 144 Å². The molecule has 12 heteroatoms. The molecule has 3 N–H and O–H groups in total. The third-order valence-electron chi connectivity index (χ3n) is 5.53. The Hall–Kier alpha value is -4.19. The lowest BCUT2D eigenvalue weighted by molar-refractivity contribution is -0.113. The predicted octanol–water partition coefficient (Wildman–Crippen LogP) is 4.60. The Bertz CT molecular complexity index is 1450. The molecule has 0 bridgehead atoms. The molecule has 11 nitrogen and oxygen atoms in total. The molecule has 0 saturated carbocycles. The van der Waals surface area contributed by atoms with Crippen molar-refractivity contribution in [1.29, 1.82) is 0 Å². The van der Waals surface area contributed by atoms with Gasteiger partial charge in [0, 0.05) is 17.5 Å². The third kappa shape index (κ3) is 5.70. The van der Waals surface area contributed by atoms with Gasteiger partial charge in [0.2, 0.25) is 0 Å². The predicted molar refractivity (Wildman–Crippen MR) is 142 cm³/mol. The van der Waals surface area contributed by atoms with E-state index in [1.807, 2.05) is 13.0 Å². The van der Waals surface area contributed by atoms with Gasteiger partial charge in [-0.25, -0.2) is 9.59 Å². The highest BCUT2D eigenvalue weighted by Crippen LogP contribution is 2.34. The minimum absolute atomic E-state index is 0.0772. The summed E-state index contributed by atoms with van der Waals surface area (Å²) in [5.74, 6) is -1.57. The van der Waals surface area contributed by atoms with E-state index in [2.05, 4.69) is 20.7 Å². The molecule has 1 aliphatic rings. The van der Waals surface area contributed by atoms with E-state index in [0.717, 1.165) is 16.0 Å². The molecular weight excluding hydrogens is 510 g/mol. The van der Waals surface area contributed by atoms with Crippen molar-refractivity contribution in [2.75, 3.05) is 11.9 Å². The quantitative estimate of drug-likeness (QED) is 0.388. The average Bonchev–Trinajstić information content (AvgIpc) is 3.56. The van der Waals surface area contributed by atoms with Gasteiger partial charge in [0.25, 0.3) is 11.8 Å². The Morgan fingerprint density at radius 3 is 2.63 bits per heavy atom. The number of aromatic nitrogens is 3. The number of esters is 1. The molecule has 0 spiro atoms. The molecule has 0 fully saturated rings. The molecule has 3 aromatic rings. The third-order valence-corrected chi connectivity index (χ3v) is 6.62. The normalized spacial score (nSPS) is 15.4. The summed E-state index contributed by atoms with van der Waals surface area (Å²) in [4.78, 5) is 54.9. The molecule has 3 aromatic heterocycles. The van der Waals surface area contributed by atoms with E-state index in [1.165, 1.54) is 6.07 Å². The minimum Gasteiger partial charge on any atom is -0.456 e. The van der Waals surface area contributed by atoms with Crippen LogP contribution in [0.25, 0.3) is 10.2 Å². The first-order valence-corrected chi connectivity index (χ1v) is 12.9. The van der Waals surface area contributed by atoms with Gasteiger partial charge in [0.05, 0.1) is 12.0 Å². The first-order valence-electron chi connectivity index (χ1n) is 12.1. The second kappa shape index (κ2) is 10.7. The maximum Gasteiger partial charge on any atom is 0.436 e. The van der Waals surface area contributed by atoms with Crippen molar-refractivity contribution in [3.8, 4) is 0 Å². The van der Waals surface area contributed by atoms with Crippen molar-refractivity contribution >= 4 is 51.2 Å². The number of amides is 2. The fraction of sp³-hybridized carbons (Fsp3) is 0.346. The number of ether oxygens (including phenoxy) is 2. The van der Waals surface area contributed by atoms with Gasteiger partial charge in [0.1, 0.15) is 21.0 Å². The highest BCUT2D eigenvalue weighted by molar-refractivity contribution is 7.20. The van der Waals surface area contributed by atoms with Crippen molar-refractivity contribution in [2.45, 2.75) is 46.6 Å². The van der Waals surface area contributed by atoms with Crippen molar-refractivity contribution in [2.24, 2.45) is 5.92 Å². The fourth-order valence-electron chi connectivity index (χ4n) is 3.89. The average molecular weight is 540 g/mol. The number of nitrogens with one attached hydrogen (secondary N) is 3. The van der Waals surface area contributed by atoms with Crippen LogP contribution in [0, 0.1) is 5.92 Å². The van der Waals surface area contributed by atoms with Crippen LogP contribution in [0.15, 0.2) is 47.8 Å². The summed E-state index contributed by atoms with van der Waals surface area (Å²) in [6.07, 6.45) is 5.05. The van der Waals surface area contributed by atoms with Crippen LogP contribution in [0.2, 0.25) is 0 Å². The summed E-state index contributed by atoms with van der Waals surface area (Å²) in [6.45, 7) is 8.91. The summed E-state index contributed by atoms with van der Waals surface area (Å²) in [5.41, 5.74) is 0.359. The summed E-state index contributed by atoms with van der Waals surface area (Å²) < 4.78 is 11.6. The number of thiophene rings is 1. The number of nitrogens with zero attached hydrogens (tertiary/aromatic N) is 2. The van der Waals surface area contributed by atoms with Crippen LogP contribution in [-0.2, 0) is 14.3 Å². The van der Waals surface area contributed by atoms with E-state index in [9.17, 15) is 19.2 Å². The van der Waals surface area contributed by atoms with Crippen LogP contribution >= 0.6 is 11.3 Å². The van der Waals surface area contributed by atoms with Crippen molar-refractivity contribution in [1.82, 2.24) is 20.1 Å². The molecule has 1 atom stereocenters. The van der Waals surface area contributed by atoms with Gasteiger partial charge in [-0.2, -0.15) is 4.68 Å². The summed E-state index contributed by atoms with van der Waals surface area (Å²) in [6, 6.07) is 4.86. The Labute approximate surface area is 222 Å². The Kier molecular flexibility index (Phi) is 7.53. The van der Waals surface area contributed by atoms with Gasteiger partial charge in [0.15, 0.2) is 5.82 Å². The molecule has 1 unspecified atom stereocenters. The van der Waals surface area contributed by atoms with E-state index < -0.39 is 23.6 Å². The summed E-state index contributed by atoms with van der Waals surface area (Å²) in [7, 11) is 0. The largest absolute Gasteiger partial charge is 0.456 e. The van der Waals surface area contributed by atoms with Crippen molar-refractivity contribution in [3.05, 3.63) is 58.4 Å². The number of carbonyl (C=O) groups excluding carboxylic acids is 4. The molecule has 3 heterocycles. The lowest BCUT2D eigenvalue weighted by Crippen LogP contribution is -2.30. The second-order valence-corrected chi connectivity index (χ2v) is 10.7. The van der Waals surface area contributed by atoms with Crippen LogP contribution in [0.4, 0.5) is 10.6 Å². The van der Waals surface area contributed by atoms with Crippen molar-refractivity contribution < 1.29 is 28.7 Å². The molecule has 1 aliphatic carbocycles. The minimum atomic E-state index is -0.748. The highest BCUT2D eigenvalue weighted by atomic mass is 32.1. The number of anilines is 1. The first kappa shape index (κ1) is 26.9. The molecule has 2 amide bonds. The standard InChI is InChI=1S/C26H29N5O6S/c1-6-36-25(35)31-23-15(13-18(38-23)24(34)37-26(3,4)5)20(30-31)29-22(33)19-14(2)9-7-10-16(19)28-21(32)17-11-8-12-27-17/h7-8,10-14,27H,6,9H2,1-5H3,(H,28,32)(H,29,30,33). The van der Waals surface area contributed by atoms with Crippen LogP contribution in [0.1, 0.15) is 61.2 Å². The summed E-state index contributed by atoms with van der Waals surface area (Å²) in [5, 5.41) is 10.2. The van der Waals surface area contributed by atoms with E-state index >= 15 is 0 Å². The van der Waals surface area contributed by atoms with E-state index in [-0.39, 0.29) is 29.1 Å². The number of hydrogen-bond donors (Lipinski definition) is 3. The van der Waals surface area contributed by atoms with Crippen LogP contribution < -0.4 is 10.6 Å². The van der Waals surface area contributed by atoms with Crippen LogP contribution in [-0.4, -0.2) is 50.8 Å². The zero-order chi connectivity index (χ0) is 27.6. The number of hydrogen-bond acceptors (Lipinski definition) is 8. The lowest BCUT2D eigenvalue weighted by Gasteiger charge is -2.21. The second-order valence-electron chi connectivity index (χ2n) is 9.65. The monoisotopic (exact) mass is 539 g/mol. The SMILES string of the molecule is CCOC(=O)n1nc(NC(=O)C2=C(NC(=O)c3ccc[nH]3)C=CCC2C)c2cc(C(=O)OC(C)(C)C)sc21. The first-order chi connectivity index (χ1) is 18.0. The number of fused-ring (bicyclic) bond motifs is 1. The molecule has 38 heavy (non-hydrogen) atoms. The Morgan fingerprint density at radius 1 is 1.21 bits per heavy atom. The number of carbonyl (C=O) groups is 4. The number of rotatable bonds is 6. The van der Waals surface area contributed by atoms with Gasteiger partial charge in [-0.05, 0) is 64.3 Å². The highest BCUT2D eigenvalue weighted by Gasteiger charge is 2.29. The van der Waals surface area contributed by atoms with Crippen molar-refractivity contribution in [3.63, 3.8) is 0 Å². The van der Waals surface area contributed by atoms with Crippen LogP contribution in [0.5, 0.6) is 0 Å². The Morgan fingerprint density at radius 2 is 1.97 bits per heavy atom. The maximum atomic E-state index is 13.5. The molecular formula is C26H29N5O6S.